The largest absolute Gasteiger partial charge is 0.300 e. The van der Waals surface area contributed by atoms with Crippen LogP contribution in [0.5, 0.6) is 0 Å². The Morgan fingerprint density at radius 3 is 2.65 bits per heavy atom. The molecule has 0 bridgehead atoms. The normalized spacial score (nSPS) is 10.5. The minimum absolute atomic E-state index is 0.112. The fourth-order valence-electron chi connectivity index (χ4n) is 2.15. The average Bonchev–Trinajstić information content (AvgIpc) is 3.25. The van der Waals surface area contributed by atoms with E-state index in [1.54, 1.807) is 29.6 Å². The van der Waals surface area contributed by atoms with Gasteiger partial charge < -0.3 is 5.32 Å². The number of rotatable bonds is 7. The molecule has 3 rings (SSSR count). The summed E-state index contributed by atoms with van der Waals surface area (Å²) in [7, 11) is 0. The highest BCUT2D eigenvalue weighted by Gasteiger charge is 2.13. The summed E-state index contributed by atoms with van der Waals surface area (Å²) in [5.74, 6) is -0.441. The highest BCUT2D eigenvalue weighted by Crippen LogP contribution is 2.19. The molecule has 2 N–H and O–H groups in total. The Labute approximate surface area is 158 Å². The maximum absolute atomic E-state index is 12.1. The summed E-state index contributed by atoms with van der Waals surface area (Å²) in [6.45, 7) is 2.07. The Bertz CT molecular complexity index is 891. The van der Waals surface area contributed by atoms with Crippen molar-refractivity contribution in [3.05, 3.63) is 52.0 Å². The van der Waals surface area contributed by atoms with Crippen LogP contribution in [0.4, 0.5) is 10.3 Å². The van der Waals surface area contributed by atoms with Crippen molar-refractivity contribution in [3.63, 3.8) is 0 Å². The van der Waals surface area contributed by atoms with Crippen LogP contribution in [0.2, 0.25) is 0 Å². The molecule has 1 aromatic carbocycles. The van der Waals surface area contributed by atoms with E-state index in [9.17, 15) is 9.59 Å². The van der Waals surface area contributed by atoms with E-state index in [4.69, 9.17) is 0 Å². The van der Waals surface area contributed by atoms with Crippen molar-refractivity contribution in [1.29, 1.82) is 0 Å². The second-order valence-corrected chi connectivity index (χ2v) is 7.36. The van der Waals surface area contributed by atoms with Crippen molar-refractivity contribution >= 4 is 44.8 Å². The molecule has 0 saturated carbocycles. The molecule has 0 atom stereocenters. The van der Waals surface area contributed by atoms with Gasteiger partial charge in [-0.05, 0) is 18.6 Å². The number of aryl methyl sites for hydroxylation is 1. The minimum Gasteiger partial charge on any atom is -0.300 e. The van der Waals surface area contributed by atoms with Gasteiger partial charge in [-0.3, -0.25) is 14.9 Å². The van der Waals surface area contributed by atoms with E-state index in [0.29, 0.717) is 21.5 Å². The van der Waals surface area contributed by atoms with Gasteiger partial charge in [-0.2, -0.15) is 0 Å². The SMILES string of the molecule is CCCc1nnc(NC(=O)Cc2csc(NC(=O)c3ccccc3)n2)s1. The third-order valence-corrected chi connectivity index (χ3v) is 5.03. The number of anilines is 2. The molecule has 0 aliphatic rings. The first-order chi connectivity index (χ1) is 12.6. The Morgan fingerprint density at radius 2 is 1.88 bits per heavy atom. The molecular formula is C17H17N5O2S2. The van der Waals surface area contributed by atoms with Crippen molar-refractivity contribution in [1.82, 2.24) is 15.2 Å². The molecule has 7 nitrogen and oxygen atoms in total. The third-order valence-electron chi connectivity index (χ3n) is 3.33. The smallest absolute Gasteiger partial charge is 0.257 e. The van der Waals surface area contributed by atoms with Gasteiger partial charge in [0.25, 0.3) is 5.91 Å². The molecule has 26 heavy (non-hydrogen) atoms. The van der Waals surface area contributed by atoms with E-state index in [1.165, 1.54) is 22.7 Å². The van der Waals surface area contributed by atoms with E-state index in [0.717, 1.165) is 17.8 Å². The number of amides is 2. The molecule has 2 aromatic heterocycles. The van der Waals surface area contributed by atoms with E-state index >= 15 is 0 Å². The Kier molecular flexibility index (Phi) is 6.03. The van der Waals surface area contributed by atoms with E-state index in [1.807, 2.05) is 6.07 Å². The van der Waals surface area contributed by atoms with Crippen molar-refractivity contribution in [2.75, 3.05) is 10.6 Å². The van der Waals surface area contributed by atoms with Gasteiger partial charge in [0.05, 0.1) is 12.1 Å². The topological polar surface area (TPSA) is 96.9 Å². The first kappa shape index (κ1) is 18.2. The number of nitrogens with zero attached hydrogens (tertiary/aromatic N) is 3. The molecular weight excluding hydrogens is 370 g/mol. The minimum atomic E-state index is -0.228. The van der Waals surface area contributed by atoms with Gasteiger partial charge in [0.15, 0.2) is 5.13 Å². The highest BCUT2D eigenvalue weighted by atomic mass is 32.1. The quantitative estimate of drug-likeness (QED) is 0.648. The van der Waals surface area contributed by atoms with Gasteiger partial charge in [0, 0.05) is 17.4 Å². The lowest BCUT2D eigenvalue weighted by Gasteiger charge is -2.01. The molecule has 134 valence electrons. The summed E-state index contributed by atoms with van der Waals surface area (Å²) in [4.78, 5) is 28.5. The van der Waals surface area contributed by atoms with Crippen LogP contribution in [0.3, 0.4) is 0 Å². The standard InChI is InChI=1S/C17H17N5O2S2/c1-2-6-14-21-22-17(26-14)19-13(23)9-12-10-25-16(18-12)20-15(24)11-7-4-3-5-8-11/h3-5,7-8,10H,2,6,9H2,1H3,(H,18,20,24)(H,19,22,23). The second-order valence-electron chi connectivity index (χ2n) is 5.44. The molecule has 2 amide bonds. The van der Waals surface area contributed by atoms with Gasteiger partial charge in [0.2, 0.25) is 11.0 Å². The maximum atomic E-state index is 12.1. The van der Waals surface area contributed by atoms with Crippen molar-refractivity contribution < 1.29 is 9.59 Å². The molecule has 3 aromatic rings. The zero-order valence-corrected chi connectivity index (χ0v) is 15.7. The average molecular weight is 387 g/mol. The summed E-state index contributed by atoms with van der Waals surface area (Å²) < 4.78 is 0. The van der Waals surface area contributed by atoms with Crippen LogP contribution in [-0.2, 0) is 17.6 Å². The highest BCUT2D eigenvalue weighted by molar-refractivity contribution is 7.15. The number of carbonyl (C=O) groups is 2. The maximum Gasteiger partial charge on any atom is 0.257 e. The summed E-state index contributed by atoms with van der Waals surface area (Å²) in [6.07, 6.45) is 1.95. The lowest BCUT2D eigenvalue weighted by molar-refractivity contribution is -0.115. The van der Waals surface area contributed by atoms with Gasteiger partial charge in [-0.25, -0.2) is 4.98 Å². The summed E-state index contributed by atoms with van der Waals surface area (Å²) in [5, 5.41) is 17.1. The first-order valence-corrected chi connectivity index (χ1v) is 9.76. The van der Waals surface area contributed by atoms with Crippen molar-refractivity contribution in [2.45, 2.75) is 26.2 Å². The molecule has 0 fully saturated rings. The molecule has 0 aliphatic heterocycles. The van der Waals surface area contributed by atoms with E-state index in [-0.39, 0.29) is 18.2 Å². The zero-order valence-electron chi connectivity index (χ0n) is 14.1. The zero-order chi connectivity index (χ0) is 18.4. The molecule has 0 unspecified atom stereocenters. The number of aromatic nitrogens is 3. The summed E-state index contributed by atoms with van der Waals surface area (Å²) in [5.41, 5.74) is 1.15. The lowest BCUT2D eigenvalue weighted by Crippen LogP contribution is -2.15. The fraction of sp³-hybridized carbons (Fsp3) is 0.235. The molecule has 9 heteroatoms. The Balaban J connectivity index is 1.54. The van der Waals surface area contributed by atoms with Crippen LogP contribution in [0.25, 0.3) is 0 Å². The van der Waals surface area contributed by atoms with Crippen molar-refractivity contribution in [3.8, 4) is 0 Å². The van der Waals surface area contributed by atoms with Crippen molar-refractivity contribution in [2.24, 2.45) is 0 Å². The van der Waals surface area contributed by atoms with Crippen LogP contribution in [0.15, 0.2) is 35.7 Å². The van der Waals surface area contributed by atoms with Crippen LogP contribution >= 0.6 is 22.7 Å². The van der Waals surface area contributed by atoms with Gasteiger partial charge >= 0.3 is 0 Å². The molecule has 0 saturated heterocycles. The van der Waals surface area contributed by atoms with E-state index < -0.39 is 0 Å². The van der Waals surface area contributed by atoms with E-state index in [2.05, 4.69) is 32.7 Å². The predicted octanol–water partition coefficient (Wildman–Crippen LogP) is 3.38. The number of hydrogen-bond acceptors (Lipinski definition) is 7. The lowest BCUT2D eigenvalue weighted by atomic mass is 10.2. The summed E-state index contributed by atoms with van der Waals surface area (Å²) in [6, 6.07) is 8.90. The van der Waals surface area contributed by atoms with Crippen LogP contribution in [0, 0.1) is 0 Å². The first-order valence-electron chi connectivity index (χ1n) is 8.07. The van der Waals surface area contributed by atoms with Gasteiger partial charge in [-0.15, -0.1) is 21.5 Å². The van der Waals surface area contributed by atoms with Crippen LogP contribution in [0.1, 0.15) is 34.4 Å². The third kappa shape index (κ3) is 4.93. The Hall–Kier alpha value is -2.65. The van der Waals surface area contributed by atoms with Crippen LogP contribution in [-0.4, -0.2) is 27.0 Å². The molecule has 0 radical (unpaired) electrons. The number of benzene rings is 1. The number of nitrogens with one attached hydrogen (secondary N) is 2. The number of hydrogen-bond donors (Lipinski definition) is 2. The fourth-order valence-corrected chi connectivity index (χ4v) is 3.71. The number of carbonyl (C=O) groups excluding carboxylic acids is 2. The van der Waals surface area contributed by atoms with Gasteiger partial charge in [0.1, 0.15) is 5.01 Å². The number of thiazole rings is 1. The van der Waals surface area contributed by atoms with Gasteiger partial charge in [-0.1, -0.05) is 36.5 Å². The summed E-state index contributed by atoms with van der Waals surface area (Å²) >= 11 is 2.66. The molecule has 0 aliphatic carbocycles. The van der Waals surface area contributed by atoms with Crippen LogP contribution < -0.4 is 10.6 Å². The molecule has 2 heterocycles. The Morgan fingerprint density at radius 1 is 1.08 bits per heavy atom. The predicted molar refractivity (Wildman–Crippen MR) is 103 cm³/mol. The second kappa shape index (κ2) is 8.63. The monoisotopic (exact) mass is 387 g/mol. The molecule has 0 spiro atoms.